The van der Waals surface area contributed by atoms with E-state index < -0.39 is 54.3 Å². The summed E-state index contributed by atoms with van der Waals surface area (Å²) in [6.45, 7) is -0.239. The Bertz CT molecular complexity index is 685. The standard InChI is InChI=1S/C16H30N8O6S/c17-6-12(26)22-9(3-4-11(18)25)14(28)23-8(2-1-5-21-16(19)20)13(27)24-10(7-31)15(29)30/h8-10,31H,1-7,17H2,(H2,18,25)(H,22,26)(H,23,28)(H,24,27)(H,29,30)(H4,19,20,21). The molecule has 0 radical (unpaired) electrons. The predicted octanol–water partition coefficient (Wildman–Crippen LogP) is -4.27. The molecule has 176 valence electrons. The van der Waals surface area contributed by atoms with Gasteiger partial charge in [0.15, 0.2) is 5.96 Å². The van der Waals surface area contributed by atoms with Gasteiger partial charge in [-0.3, -0.25) is 24.2 Å². The molecule has 0 aliphatic carbocycles. The van der Waals surface area contributed by atoms with E-state index in [4.69, 9.17) is 28.0 Å². The number of thiol groups is 1. The zero-order valence-corrected chi connectivity index (χ0v) is 17.8. The second-order valence-corrected chi connectivity index (χ2v) is 6.79. The quantitative estimate of drug-likeness (QED) is 0.0493. The summed E-state index contributed by atoms with van der Waals surface area (Å²) >= 11 is 3.87. The molecule has 0 saturated heterocycles. The van der Waals surface area contributed by atoms with Crippen molar-refractivity contribution in [3.8, 4) is 0 Å². The maximum absolute atomic E-state index is 12.7. The molecular formula is C16H30N8O6S. The van der Waals surface area contributed by atoms with E-state index in [1.807, 2.05) is 0 Å². The number of hydrogen-bond donors (Lipinski definition) is 9. The SMILES string of the molecule is NCC(=O)NC(CCC(N)=O)C(=O)NC(CCCN=C(N)N)C(=O)NC(CS)C(=O)O. The lowest BCUT2D eigenvalue weighted by Gasteiger charge is -2.24. The molecule has 4 amide bonds. The molecular weight excluding hydrogens is 432 g/mol. The Morgan fingerprint density at radius 3 is 1.90 bits per heavy atom. The van der Waals surface area contributed by atoms with Crippen molar-refractivity contribution in [2.75, 3.05) is 18.8 Å². The minimum absolute atomic E-state index is 0.0562. The average molecular weight is 463 g/mol. The van der Waals surface area contributed by atoms with Crippen molar-refractivity contribution < 1.29 is 29.1 Å². The van der Waals surface area contributed by atoms with Crippen molar-refractivity contribution in [3.63, 3.8) is 0 Å². The topological polar surface area (TPSA) is 258 Å². The summed E-state index contributed by atoms with van der Waals surface area (Å²) in [5, 5.41) is 16.1. The molecule has 0 aromatic rings. The molecule has 0 saturated carbocycles. The average Bonchev–Trinajstić information content (AvgIpc) is 2.70. The summed E-state index contributed by atoms with van der Waals surface area (Å²) in [5.74, 6) is -4.53. The maximum Gasteiger partial charge on any atom is 0.327 e. The molecule has 0 aliphatic rings. The number of carbonyl (C=O) groups excluding carboxylic acids is 4. The van der Waals surface area contributed by atoms with Crippen molar-refractivity contribution in [1.29, 1.82) is 0 Å². The van der Waals surface area contributed by atoms with E-state index in [0.29, 0.717) is 0 Å². The highest BCUT2D eigenvalue weighted by molar-refractivity contribution is 7.80. The van der Waals surface area contributed by atoms with Crippen LogP contribution in [-0.2, 0) is 24.0 Å². The molecule has 12 N–H and O–H groups in total. The minimum atomic E-state index is -1.30. The van der Waals surface area contributed by atoms with Crippen LogP contribution in [0.3, 0.4) is 0 Å². The Labute approximate surface area is 184 Å². The highest BCUT2D eigenvalue weighted by Crippen LogP contribution is 2.04. The van der Waals surface area contributed by atoms with Gasteiger partial charge in [-0.1, -0.05) is 0 Å². The second-order valence-electron chi connectivity index (χ2n) is 6.42. The lowest BCUT2D eigenvalue weighted by atomic mass is 10.1. The number of nitrogens with one attached hydrogen (secondary N) is 3. The number of nitrogens with two attached hydrogens (primary N) is 4. The molecule has 0 aliphatic heterocycles. The van der Waals surface area contributed by atoms with Crippen LogP contribution in [0.2, 0.25) is 0 Å². The predicted molar refractivity (Wildman–Crippen MR) is 115 cm³/mol. The third kappa shape index (κ3) is 12.3. The van der Waals surface area contributed by atoms with Crippen LogP contribution in [0.5, 0.6) is 0 Å². The zero-order chi connectivity index (χ0) is 24.0. The van der Waals surface area contributed by atoms with Crippen LogP contribution in [0.1, 0.15) is 25.7 Å². The highest BCUT2D eigenvalue weighted by atomic mass is 32.1. The molecule has 0 aromatic heterocycles. The van der Waals surface area contributed by atoms with Crippen LogP contribution in [0.25, 0.3) is 0 Å². The van der Waals surface area contributed by atoms with Crippen molar-refractivity contribution in [3.05, 3.63) is 0 Å². The van der Waals surface area contributed by atoms with Crippen molar-refractivity contribution in [2.24, 2.45) is 27.9 Å². The molecule has 0 fully saturated rings. The first-order valence-corrected chi connectivity index (χ1v) is 9.92. The Morgan fingerprint density at radius 1 is 0.903 bits per heavy atom. The van der Waals surface area contributed by atoms with E-state index in [-0.39, 0.29) is 43.9 Å². The van der Waals surface area contributed by atoms with Gasteiger partial charge in [0, 0.05) is 18.7 Å². The molecule has 3 unspecified atom stereocenters. The number of carboxylic acids is 1. The molecule has 0 rings (SSSR count). The first-order valence-electron chi connectivity index (χ1n) is 9.29. The fourth-order valence-corrected chi connectivity index (χ4v) is 2.56. The van der Waals surface area contributed by atoms with E-state index >= 15 is 0 Å². The van der Waals surface area contributed by atoms with Gasteiger partial charge in [-0.05, 0) is 19.3 Å². The number of nitrogens with zero attached hydrogens (tertiary/aromatic N) is 1. The number of rotatable bonds is 15. The van der Waals surface area contributed by atoms with Crippen LogP contribution in [0, 0.1) is 0 Å². The fourth-order valence-electron chi connectivity index (χ4n) is 2.31. The van der Waals surface area contributed by atoms with Gasteiger partial charge >= 0.3 is 5.97 Å². The summed E-state index contributed by atoms with van der Waals surface area (Å²) in [6.07, 6.45) is 0.00526. The van der Waals surface area contributed by atoms with Gasteiger partial charge in [0.1, 0.15) is 18.1 Å². The lowest BCUT2D eigenvalue weighted by Crippen LogP contribution is -2.56. The maximum atomic E-state index is 12.7. The third-order valence-electron chi connectivity index (χ3n) is 3.89. The summed E-state index contributed by atoms with van der Waals surface area (Å²) in [7, 11) is 0. The number of aliphatic carboxylic acids is 1. The van der Waals surface area contributed by atoms with E-state index in [0.717, 1.165) is 0 Å². The van der Waals surface area contributed by atoms with Gasteiger partial charge in [0.05, 0.1) is 6.54 Å². The van der Waals surface area contributed by atoms with Crippen LogP contribution in [0.4, 0.5) is 0 Å². The van der Waals surface area contributed by atoms with Gasteiger partial charge in [-0.25, -0.2) is 4.79 Å². The summed E-state index contributed by atoms with van der Waals surface area (Å²) < 4.78 is 0. The van der Waals surface area contributed by atoms with Crippen molar-refractivity contribution >= 4 is 48.2 Å². The molecule has 0 aromatic carbocycles. The van der Waals surface area contributed by atoms with Gasteiger partial charge in [0.25, 0.3) is 0 Å². The molecule has 31 heavy (non-hydrogen) atoms. The van der Waals surface area contributed by atoms with E-state index in [2.05, 4.69) is 33.6 Å². The Balaban J connectivity index is 5.39. The van der Waals surface area contributed by atoms with Crippen LogP contribution in [-0.4, -0.2) is 77.6 Å². The normalized spacial score (nSPS) is 13.2. The fraction of sp³-hybridized carbons (Fsp3) is 0.625. The van der Waals surface area contributed by atoms with Gasteiger partial charge in [-0.2, -0.15) is 12.6 Å². The number of hydrogen-bond acceptors (Lipinski definition) is 8. The molecule has 14 nitrogen and oxygen atoms in total. The smallest absolute Gasteiger partial charge is 0.327 e. The Hall–Kier alpha value is -3.07. The van der Waals surface area contributed by atoms with Crippen molar-refractivity contribution in [2.45, 2.75) is 43.8 Å². The van der Waals surface area contributed by atoms with Gasteiger partial charge in [0.2, 0.25) is 23.6 Å². The molecule has 0 heterocycles. The Kier molecular flexibility index (Phi) is 13.4. The molecule has 15 heteroatoms. The van der Waals surface area contributed by atoms with Gasteiger partial charge < -0.3 is 44.0 Å². The molecule has 3 atom stereocenters. The van der Waals surface area contributed by atoms with Crippen molar-refractivity contribution in [1.82, 2.24) is 16.0 Å². The van der Waals surface area contributed by atoms with Crippen LogP contribution in [0.15, 0.2) is 4.99 Å². The summed E-state index contributed by atoms with van der Waals surface area (Å²) in [5.41, 5.74) is 20.8. The third-order valence-corrected chi connectivity index (χ3v) is 4.26. The number of aliphatic imine (C=N–C) groups is 1. The number of carbonyl (C=O) groups is 5. The summed E-state index contributed by atoms with van der Waals surface area (Å²) in [4.78, 5) is 62.8. The van der Waals surface area contributed by atoms with Crippen LogP contribution >= 0.6 is 12.6 Å². The lowest BCUT2D eigenvalue weighted by molar-refractivity contribution is -0.141. The van der Waals surface area contributed by atoms with E-state index in [9.17, 15) is 24.0 Å². The molecule has 0 bridgehead atoms. The first kappa shape index (κ1) is 27.9. The number of guanidine groups is 1. The monoisotopic (exact) mass is 462 g/mol. The molecule has 0 spiro atoms. The minimum Gasteiger partial charge on any atom is -0.480 e. The second kappa shape index (κ2) is 14.8. The van der Waals surface area contributed by atoms with E-state index in [1.54, 1.807) is 0 Å². The largest absolute Gasteiger partial charge is 0.480 e. The Morgan fingerprint density at radius 2 is 1.45 bits per heavy atom. The zero-order valence-electron chi connectivity index (χ0n) is 16.9. The van der Waals surface area contributed by atoms with Crippen LogP contribution < -0.4 is 38.9 Å². The first-order chi connectivity index (χ1) is 14.5. The highest BCUT2D eigenvalue weighted by Gasteiger charge is 2.29. The van der Waals surface area contributed by atoms with E-state index in [1.165, 1.54) is 0 Å². The number of carboxylic acid groups (broad SMARTS) is 1. The number of primary amides is 1. The van der Waals surface area contributed by atoms with Gasteiger partial charge in [-0.15, -0.1) is 0 Å². The summed E-state index contributed by atoms with van der Waals surface area (Å²) in [6, 6.07) is -3.64. The number of amides is 4.